The summed E-state index contributed by atoms with van der Waals surface area (Å²) in [6.07, 6.45) is -0.805. The van der Waals surface area contributed by atoms with Crippen LogP contribution in [-0.2, 0) is 6.42 Å². The van der Waals surface area contributed by atoms with Gasteiger partial charge in [0, 0.05) is 23.1 Å². The van der Waals surface area contributed by atoms with Crippen LogP contribution in [0.5, 0.6) is 0 Å². The van der Waals surface area contributed by atoms with Crippen molar-refractivity contribution in [3.05, 3.63) is 69.7 Å². The fraction of sp³-hybridized carbons (Fsp3) is 0.200. The molecule has 0 saturated heterocycles. The molecule has 0 aliphatic carbocycles. The van der Waals surface area contributed by atoms with E-state index in [1.165, 1.54) is 13.0 Å². The molecule has 1 atom stereocenters. The molecule has 1 N–H and O–H groups in total. The van der Waals surface area contributed by atoms with Gasteiger partial charge in [0.2, 0.25) is 0 Å². The average Bonchev–Trinajstić information content (AvgIpc) is 2.33. The highest BCUT2D eigenvalue weighted by atomic mass is 35.5. The van der Waals surface area contributed by atoms with Gasteiger partial charge in [-0.2, -0.15) is 0 Å². The third-order valence-electron chi connectivity index (χ3n) is 2.96. The molecule has 100 valence electrons. The number of halogens is 3. The first-order chi connectivity index (χ1) is 8.97. The van der Waals surface area contributed by atoms with Crippen LogP contribution in [0.25, 0.3) is 0 Å². The van der Waals surface area contributed by atoms with E-state index in [9.17, 15) is 13.9 Å². The van der Waals surface area contributed by atoms with Gasteiger partial charge in [-0.1, -0.05) is 23.7 Å². The second-order valence-corrected chi connectivity index (χ2v) is 4.91. The predicted molar refractivity (Wildman–Crippen MR) is 71.2 cm³/mol. The van der Waals surface area contributed by atoms with Crippen LogP contribution in [0.4, 0.5) is 8.78 Å². The number of hydrogen-bond donors (Lipinski definition) is 1. The van der Waals surface area contributed by atoms with Crippen LogP contribution in [0, 0.1) is 18.6 Å². The van der Waals surface area contributed by atoms with Crippen LogP contribution in [0.2, 0.25) is 5.02 Å². The lowest BCUT2D eigenvalue weighted by atomic mass is 9.99. The van der Waals surface area contributed by atoms with Gasteiger partial charge in [-0.15, -0.1) is 0 Å². The Labute approximate surface area is 115 Å². The zero-order chi connectivity index (χ0) is 14.0. The van der Waals surface area contributed by atoms with Crippen LogP contribution in [0.15, 0.2) is 36.4 Å². The van der Waals surface area contributed by atoms with E-state index < -0.39 is 17.7 Å². The number of rotatable bonds is 3. The van der Waals surface area contributed by atoms with Gasteiger partial charge < -0.3 is 5.11 Å². The molecule has 0 heterocycles. The number of aliphatic hydroxyl groups excluding tert-OH is 1. The van der Waals surface area contributed by atoms with Crippen LogP contribution in [-0.4, -0.2) is 5.11 Å². The van der Waals surface area contributed by atoms with Gasteiger partial charge in [-0.05, 0) is 36.2 Å². The molecule has 0 radical (unpaired) electrons. The summed E-state index contributed by atoms with van der Waals surface area (Å²) in [6, 6.07) is 9.12. The first-order valence-corrected chi connectivity index (χ1v) is 6.23. The van der Waals surface area contributed by atoms with Crippen molar-refractivity contribution >= 4 is 11.6 Å². The quantitative estimate of drug-likeness (QED) is 0.894. The summed E-state index contributed by atoms with van der Waals surface area (Å²) in [4.78, 5) is 0. The smallest absolute Gasteiger partial charge is 0.131 e. The molecule has 4 heteroatoms. The zero-order valence-corrected chi connectivity index (χ0v) is 11.1. The van der Waals surface area contributed by atoms with Gasteiger partial charge in [0.25, 0.3) is 0 Å². The molecular weight excluding hydrogens is 270 g/mol. The fourth-order valence-electron chi connectivity index (χ4n) is 1.93. The van der Waals surface area contributed by atoms with Crippen molar-refractivity contribution in [2.75, 3.05) is 0 Å². The van der Waals surface area contributed by atoms with Gasteiger partial charge in [0.15, 0.2) is 0 Å². The number of aryl methyl sites for hydroxylation is 1. The van der Waals surface area contributed by atoms with Crippen LogP contribution < -0.4 is 0 Å². The molecule has 0 aliphatic rings. The van der Waals surface area contributed by atoms with Crippen molar-refractivity contribution < 1.29 is 13.9 Å². The Kier molecular flexibility index (Phi) is 4.17. The minimum Gasteiger partial charge on any atom is -0.388 e. The summed E-state index contributed by atoms with van der Waals surface area (Å²) in [5, 5.41) is 10.6. The molecule has 1 unspecified atom stereocenters. The van der Waals surface area contributed by atoms with Gasteiger partial charge in [-0.3, -0.25) is 0 Å². The minimum atomic E-state index is -1.03. The molecule has 0 aromatic heterocycles. The minimum absolute atomic E-state index is 0.0962. The van der Waals surface area contributed by atoms with Crippen molar-refractivity contribution in [1.29, 1.82) is 0 Å². The van der Waals surface area contributed by atoms with Crippen molar-refractivity contribution in [2.24, 2.45) is 0 Å². The molecule has 0 bridgehead atoms. The van der Waals surface area contributed by atoms with E-state index in [2.05, 4.69) is 0 Å². The first-order valence-electron chi connectivity index (χ1n) is 5.85. The average molecular weight is 283 g/mol. The standard InChI is InChI=1S/C15H13ClF2O/c1-9-5-12(14(18)8-13(9)17)15(19)7-10-3-2-4-11(16)6-10/h2-6,8,15,19H,7H2,1H3. The Hall–Kier alpha value is -1.45. The van der Waals surface area contributed by atoms with Crippen molar-refractivity contribution in [1.82, 2.24) is 0 Å². The fourth-order valence-corrected chi connectivity index (χ4v) is 2.14. The lowest BCUT2D eigenvalue weighted by Gasteiger charge is -2.13. The Morgan fingerprint density at radius 1 is 1.16 bits per heavy atom. The largest absolute Gasteiger partial charge is 0.388 e. The summed E-state index contributed by atoms with van der Waals surface area (Å²) < 4.78 is 26.8. The lowest BCUT2D eigenvalue weighted by molar-refractivity contribution is 0.173. The van der Waals surface area contributed by atoms with E-state index in [-0.39, 0.29) is 12.0 Å². The van der Waals surface area contributed by atoms with Crippen molar-refractivity contribution in [3.63, 3.8) is 0 Å². The maximum absolute atomic E-state index is 13.6. The Balaban J connectivity index is 2.25. The van der Waals surface area contributed by atoms with Gasteiger partial charge in [0.1, 0.15) is 11.6 Å². The summed E-state index contributed by atoms with van der Waals surface area (Å²) in [6.45, 7) is 1.53. The Bertz CT molecular complexity index is 599. The van der Waals surface area contributed by atoms with Crippen LogP contribution in [0.1, 0.15) is 22.8 Å². The van der Waals surface area contributed by atoms with Crippen LogP contribution >= 0.6 is 11.6 Å². The second-order valence-electron chi connectivity index (χ2n) is 4.47. The van der Waals surface area contributed by atoms with Crippen molar-refractivity contribution in [3.8, 4) is 0 Å². The van der Waals surface area contributed by atoms with Gasteiger partial charge >= 0.3 is 0 Å². The highest BCUT2D eigenvalue weighted by molar-refractivity contribution is 6.30. The second kappa shape index (κ2) is 5.68. The molecule has 0 spiro atoms. The zero-order valence-electron chi connectivity index (χ0n) is 10.3. The molecule has 0 saturated carbocycles. The topological polar surface area (TPSA) is 20.2 Å². The van der Waals surface area contributed by atoms with Gasteiger partial charge in [-0.25, -0.2) is 8.78 Å². The molecular formula is C15H13ClF2O. The SMILES string of the molecule is Cc1cc(C(O)Cc2cccc(Cl)c2)c(F)cc1F. The van der Waals surface area contributed by atoms with E-state index in [4.69, 9.17) is 11.6 Å². The van der Waals surface area contributed by atoms with E-state index in [0.29, 0.717) is 10.6 Å². The predicted octanol–water partition coefficient (Wildman–Crippen LogP) is 4.20. The normalized spacial score (nSPS) is 12.5. The monoisotopic (exact) mass is 282 g/mol. The third kappa shape index (κ3) is 3.31. The molecule has 2 aromatic carbocycles. The Morgan fingerprint density at radius 3 is 2.58 bits per heavy atom. The van der Waals surface area contributed by atoms with Crippen molar-refractivity contribution in [2.45, 2.75) is 19.4 Å². The molecule has 0 aliphatic heterocycles. The van der Waals surface area contributed by atoms with E-state index >= 15 is 0 Å². The number of benzene rings is 2. The van der Waals surface area contributed by atoms with E-state index in [1.54, 1.807) is 24.3 Å². The summed E-state index contributed by atoms with van der Waals surface area (Å²) in [5.41, 5.74) is 1.20. The molecule has 2 rings (SSSR count). The molecule has 0 amide bonds. The maximum Gasteiger partial charge on any atom is 0.131 e. The molecule has 0 fully saturated rings. The molecule has 1 nitrogen and oxygen atoms in total. The third-order valence-corrected chi connectivity index (χ3v) is 3.19. The Morgan fingerprint density at radius 2 is 1.89 bits per heavy atom. The van der Waals surface area contributed by atoms with Gasteiger partial charge in [0.05, 0.1) is 6.10 Å². The summed E-state index contributed by atoms with van der Waals surface area (Å²) in [5.74, 6) is -1.35. The number of aliphatic hydroxyl groups is 1. The van der Waals surface area contributed by atoms with Crippen LogP contribution in [0.3, 0.4) is 0 Å². The summed E-state index contributed by atoms with van der Waals surface area (Å²) in [7, 11) is 0. The number of hydrogen-bond acceptors (Lipinski definition) is 1. The molecule has 2 aromatic rings. The summed E-state index contributed by atoms with van der Waals surface area (Å²) >= 11 is 5.85. The van der Waals surface area contributed by atoms with E-state index in [0.717, 1.165) is 11.6 Å². The lowest BCUT2D eigenvalue weighted by Crippen LogP contribution is -2.06. The first kappa shape index (κ1) is 14.0. The van der Waals surface area contributed by atoms with E-state index in [1.807, 2.05) is 0 Å². The maximum atomic E-state index is 13.6. The highest BCUT2D eigenvalue weighted by Gasteiger charge is 2.16. The molecule has 19 heavy (non-hydrogen) atoms. The highest BCUT2D eigenvalue weighted by Crippen LogP contribution is 2.24.